The summed E-state index contributed by atoms with van der Waals surface area (Å²) < 4.78 is 5.77. The molecular weight excluding hydrogens is 352 g/mol. The van der Waals surface area contributed by atoms with Crippen molar-refractivity contribution in [2.24, 2.45) is 0 Å². The van der Waals surface area contributed by atoms with Gasteiger partial charge in [0, 0.05) is 17.3 Å². The molecule has 1 unspecified atom stereocenters. The molecule has 0 aliphatic heterocycles. The number of carbonyl (C=O) groups is 2. The largest absolute Gasteiger partial charge is 0.483 e. The van der Waals surface area contributed by atoms with Crippen molar-refractivity contribution >= 4 is 17.5 Å². The van der Waals surface area contributed by atoms with E-state index in [0.717, 1.165) is 23.3 Å². The average Bonchev–Trinajstić information content (AvgIpc) is 2.66. The summed E-state index contributed by atoms with van der Waals surface area (Å²) in [5.41, 5.74) is 3.24. The van der Waals surface area contributed by atoms with E-state index in [1.807, 2.05) is 39.0 Å². The minimum absolute atomic E-state index is 0.0908. The van der Waals surface area contributed by atoms with Gasteiger partial charge < -0.3 is 15.4 Å². The van der Waals surface area contributed by atoms with E-state index in [-0.39, 0.29) is 24.5 Å². The first kappa shape index (κ1) is 21.5. The molecule has 0 bridgehead atoms. The van der Waals surface area contributed by atoms with Crippen molar-refractivity contribution in [2.45, 2.75) is 53.0 Å². The van der Waals surface area contributed by atoms with Gasteiger partial charge in [-0.25, -0.2) is 0 Å². The molecule has 0 saturated carbocycles. The lowest BCUT2D eigenvalue weighted by atomic mass is 10.0. The number of hydrogen-bond donors (Lipinski definition) is 2. The lowest BCUT2D eigenvalue weighted by Gasteiger charge is -2.15. The number of ether oxygens (including phenoxy) is 1. The van der Waals surface area contributed by atoms with Crippen LogP contribution < -0.4 is 15.4 Å². The van der Waals surface area contributed by atoms with Crippen LogP contribution in [0.4, 0.5) is 5.69 Å². The highest BCUT2D eigenvalue weighted by Gasteiger charge is 2.12. The smallest absolute Gasteiger partial charge is 0.262 e. The fraction of sp³-hybridized carbons (Fsp3) is 0.391. The van der Waals surface area contributed by atoms with Gasteiger partial charge >= 0.3 is 0 Å². The third-order valence-corrected chi connectivity index (χ3v) is 4.55. The maximum Gasteiger partial charge on any atom is 0.262 e. The number of anilines is 1. The molecule has 0 aromatic heterocycles. The fourth-order valence-corrected chi connectivity index (χ4v) is 2.73. The van der Waals surface area contributed by atoms with Gasteiger partial charge in [-0.2, -0.15) is 0 Å². The molecule has 2 amide bonds. The molecule has 0 fully saturated rings. The van der Waals surface area contributed by atoms with E-state index in [4.69, 9.17) is 4.74 Å². The lowest BCUT2D eigenvalue weighted by Crippen LogP contribution is -2.32. The molecule has 1 atom stereocenters. The van der Waals surface area contributed by atoms with Crippen molar-refractivity contribution in [2.75, 3.05) is 11.9 Å². The monoisotopic (exact) mass is 382 g/mol. The Balaban J connectivity index is 2.00. The van der Waals surface area contributed by atoms with E-state index < -0.39 is 0 Å². The molecule has 5 nitrogen and oxygen atoms in total. The van der Waals surface area contributed by atoms with Gasteiger partial charge in [0.1, 0.15) is 5.75 Å². The number of nitrogens with one attached hydrogen (secondary N) is 2. The Morgan fingerprint density at radius 1 is 1.07 bits per heavy atom. The molecule has 2 N–H and O–H groups in total. The van der Waals surface area contributed by atoms with E-state index in [1.54, 1.807) is 24.3 Å². The molecule has 0 heterocycles. The maximum absolute atomic E-state index is 12.3. The number of aryl methyl sites for hydroxylation is 1. The highest BCUT2D eigenvalue weighted by atomic mass is 16.5. The number of carbonyl (C=O) groups excluding carboxylic acids is 2. The van der Waals surface area contributed by atoms with E-state index >= 15 is 0 Å². The van der Waals surface area contributed by atoms with Gasteiger partial charge in [0.05, 0.1) is 0 Å². The topological polar surface area (TPSA) is 67.4 Å². The summed E-state index contributed by atoms with van der Waals surface area (Å²) in [7, 11) is 0. The van der Waals surface area contributed by atoms with Crippen LogP contribution in [0.2, 0.25) is 0 Å². The SMILES string of the molecule is CCC(C)NC(=O)c1cccc(NC(=O)COc2cc(C)ccc2C(C)C)c1. The molecule has 0 aliphatic rings. The van der Waals surface area contributed by atoms with Gasteiger partial charge in [0.25, 0.3) is 11.8 Å². The Bertz CT molecular complexity index is 830. The van der Waals surface area contributed by atoms with Gasteiger partial charge in [-0.05, 0) is 61.6 Å². The van der Waals surface area contributed by atoms with Crippen LogP contribution in [-0.2, 0) is 4.79 Å². The first-order chi connectivity index (χ1) is 13.3. The van der Waals surface area contributed by atoms with Crippen LogP contribution in [0.5, 0.6) is 5.75 Å². The molecule has 0 spiro atoms. The van der Waals surface area contributed by atoms with Crippen molar-refractivity contribution in [3.63, 3.8) is 0 Å². The second-order valence-electron chi connectivity index (χ2n) is 7.40. The number of benzene rings is 2. The quantitative estimate of drug-likeness (QED) is 0.697. The molecule has 2 aromatic rings. The van der Waals surface area contributed by atoms with Crippen molar-refractivity contribution < 1.29 is 14.3 Å². The summed E-state index contributed by atoms with van der Waals surface area (Å²) in [6.07, 6.45) is 0.858. The predicted molar refractivity (Wildman–Crippen MR) is 113 cm³/mol. The predicted octanol–water partition coefficient (Wildman–Crippen LogP) is 4.66. The van der Waals surface area contributed by atoms with Crippen LogP contribution in [0, 0.1) is 6.92 Å². The molecular formula is C23H30N2O3. The molecule has 150 valence electrons. The fourth-order valence-electron chi connectivity index (χ4n) is 2.73. The first-order valence-corrected chi connectivity index (χ1v) is 9.74. The second-order valence-corrected chi connectivity index (χ2v) is 7.40. The Labute approximate surface area is 167 Å². The van der Waals surface area contributed by atoms with Crippen molar-refractivity contribution in [1.29, 1.82) is 0 Å². The van der Waals surface area contributed by atoms with Crippen molar-refractivity contribution in [3.8, 4) is 5.75 Å². The molecule has 2 aromatic carbocycles. The first-order valence-electron chi connectivity index (χ1n) is 9.74. The van der Waals surface area contributed by atoms with Gasteiger partial charge in [0.2, 0.25) is 0 Å². The third kappa shape index (κ3) is 6.12. The van der Waals surface area contributed by atoms with Gasteiger partial charge in [-0.1, -0.05) is 39.0 Å². The minimum atomic E-state index is -0.268. The van der Waals surface area contributed by atoms with E-state index in [0.29, 0.717) is 17.2 Å². The Kier molecular flexibility index (Phi) is 7.61. The van der Waals surface area contributed by atoms with Gasteiger partial charge in [-0.3, -0.25) is 9.59 Å². The van der Waals surface area contributed by atoms with Crippen LogP contribution in [0.3, 0.4) is 0 Å². The molecule has 28 heavy (non-hydrogen) atoms. The van der Waals surface area contributed by atoms with Crippen molar-refractivity contribution in [1.82, 2.24) is 5.32 Å². The zero-order chi connectivity index (χ0) is 20.7. The molecule has 0 aliphatic carbocycles. The average molecular weight is 383 g/mol. The Morgan fingerprint density at radius 3 is 2.50 bits per heavy atom. The van der Waals surface area contributed by atoms with Gasteiger partial charge in [-0.15, -0.1) is 0 Å². The minimum Gasteiger partial charge on any atom is -0.483 e. The van der Waals surface area contributed by atoms with E-state index in [1.165, 1.54) is 0 Å². The molecule has 2 rings (SSSR count). The van der Waals surface area contributed by atoms with Gasteiger partial charge in [0.15, 0.2) is 6.61 Å². The molecule has 0 radical (unpaired) electrons. The van der Waals surface area contributed by atoms with E-state index in [2.05, 4.69) is 24.5 Å². The van der Waals surface area contributed by atoms with Crippen molar-refractivity contribution in [3.05, 3.63) is 59.2 Å². The summed E-state index contributed by atoms with van der Waals surface area (Å²) in [4.78, 5) is 24.6. The normalized spacial score (nSPS) is 11.8. The summed E-state index contributed by atoms with van der Waals surface area (Å²) in [5.74, 6) is 0.616. The Morgan fingerprint density at radius 2 is 1.82 bits per heavy atom. The maximum atomic E-state index is 12.3. The van der Waals surface area contributed by atoms with Crippen LogP contribution in [0.1, 0.15) is 61.5 Å². The van der Waals surface area contributed by atoms with Crippen LogP contribution >= 0.6 is 0 Å². The summed E-state index contributed by atoms with van der Waals surface area (Å²) in [6, 6.07) is 13.0. The number of amides is 2. The zero-order valence-corrected chi connectivity index (χ0v) is 17.3. The lowest BCUT2D eigenvalue weighted by molar-refractivity contribution is -0.118. The van der Waals surface area contributed by atoms with Crippen LogP contribution in [0.25, 0.3) is 0 Å². The standard InChI is InChI=1S/C23H30N2O3/c1-6-17(5)24-23(27)18-8-7-9-19(13-18)25-22(26)14-28-21-12-16(4)10-11-20(21)15(2)3/h7-13,15,17H,6,14H2,1-5H3,(H,24,27)(H,25,26). The number of hydrogen-bond acceptors (Lipinski definition) is 3. The highest BCUT2D eigenvalue weighted by molar-refractivity contribution is 5.97. The second kappa shape index (κ2) is 9.93. The van der Waals surface area contributed by atoms with E-state index in [9.17, 15) is 9.59 Å². The molecule has 5 heteroatoms. The Hall–Kier alpha value is -2.82. The highest BCUT2D eigenvalue weighted by Crippen LogP contribution is 2.27. The number of rotatable bonds is 8. The van der Waals surface area contributed by atoms with Crippen LogP contribution in [0.15, 0.2) is 42.5 Å². The molecule has 0 saturated heterocycles. The summed E-state index contributed by atoms with van der Waals surface area (Å²) >= 11 is 0. The van der Waals surface area contributed by atoms with Crippen LogP contribution in [-0.4, -0.2) is 24.5 Å². The third-order valence-electron chi connectivity index (χ3n) is 4.55. The summed E-state index contributed by atoms with van der Waals surface area (Å²) in [6.45, 7) is 10.1. The summed E-state index contributed by atoms with van der Waals surface area (Å²) in [5, 5.41) is 5.71. The zero-order valence-electron chi connectivity index (χ0n) is 17.3.